The molecule has 1 aliphatic heterocycles. The summed E-state index contributed by atoms with van der Waals surface area (Å²) in [5.74, 6) is 0. The molecule has 0 aromatic heterocycles. The van der Waals surface area contributed by atoms with E-state index in [0.29, 0.717) is 5.41 Å². The van der Waals surface area contributed by atoms with E-state index >= 15 is 0 Å². The van der Waals surface area contributed by atoms with Crippen molar-refractivity contribution >= 4 is 0 Å². The number of nitrogens with one attached hydrogen (secondary N) is 1. The summed E-state index contributed by atoms with van der Waals surface area (Å²) in [7, 11) is 2.07. The second kappa shape index (κ2) is 8.06. The van der Waals surface area contributed by atoms with E-state index in [1.165, 1.54) is 45.3 Å². The first-order chi connectivity index (χ1) is 8.26. The van der Waals surface area contributed by atoms with E-state index in [4.69, 9.17) is 4.74 Å². The zero-order valence-electron chi connectivity index (χ0n) is 11.9. The Morgan fingerprint density at radius 3 is 2.18 bits per heavy atom. The molecule has 0 radical (unpaired) electrons. The minimum Gasteiger partial charge on any atom is -0.381 e. The van der Waals surface area contributed by atoms with Gasteiger partial charge in [0.1, 0.15) is 0 Å². The van der Waals surface area contributed by atoms with E-state index in [-0.39, 0.29) is 0 Å². The summed E-state index contributed by atoms with van der Waals surface area (Å²) in [6, 6.07) is 0. The van der Waals surface area contributed by atoms with Crippen LogP contribution >= 0.6 is 0 Å². The van der Waals surface area contributed by atoms with Gasteiger partial charge in [-0.1, -0.05) is 13.8 Å². The Morgan fingerprint density at radius 1 is 1.12 bits per heavy atom. The van der Waals surface area contributed by atoms with Crippen molar-refractivity contribution in [3.63, 3.8) is 0 Å². The first kappa shape index (κ1) is 14.9. The largest absolute Gasteiger partial charge is 0.381 e. The summed E-state index contributed by atoms with van der Waals surface area (Å²) < 4.78 is 5.53. The highest BCUT2D eigenvalue weighted by atomic mass is 16.5. The van der Waals surface area contributed by atoms with Gasteiger partial charge in [-0.3, -0.25) is 0 Å². The smallest absolute Gasteiger partial charge is 0.0472 e. The molecule has 0 atom stereocenters. The monoisotopic (exact) mass is 242 g/mol. The summed E-state index contributed by atoms with van der Waals surface area (Å²) in [4.78, 5) is 2.64. The van der Waals surface area contributed by atoms with Crippen LogP contribution in [0.3, 0.4) is 0 Å². The quantitative estimate of drug-likeness (QED) is 0.705. The van der Waals surface area contributed by atoms with E-state index in [2.05, 4.69) is 31.1 Å². The Bertz CT molecular complexity index is 179. The summed E-state index contributed by atoms with van der Waals surface area (Å²) in [5, 5.41) is 3.39. The highest BCUT2D eigenvalue weighted by molar-refractivity contribution is 4.86. The lowest BCUT2D eigenvalue weighted by atomic mass is 9.79. The van der Waals surface area contributed by atoms with Gasteiger partial charge >= 0.3 is 0 Å². The normalized spacial score (nSPS) is 19.8. The van der Waals surface area contributed by atoms with Gasteiger partial charge in [-0.15, -0.1) is 0 Å². The molecule has 1 heterocycles. The summed E-state index contributed by atoms with van der Waals surface area (Å²) >= 11 is 0. The fourth-order valence-electron chi connectivity index (χ4n) is 2.95. The predicted octanol–water partition coefficient (Wildman–Crippen LogP) is 2.12. The van der Waals surface area contributed by atoms with Gasteiger partial charge in [0.25, 0.3) is 0 Å². The van der Waals surface area contributed by atoms with Gasteiger partial charge in [0.05, 0.1) is 0 Å². The topological polar surface area (TPSA) is 24.5 Å². The van der Waals surface area contributed by atoms with Crippen LogP contribution in [0.2, 0.25) is 0 Å². The minimum atomic E-state index is 0.442. The van der Waals surface area contributed by atoms with Gasteiger partial charge in [0.2, 0.25) is 0 Å². The lowest BCUT2D eigenvalue weighted by Gasteiger charge is -2.41. The van der Waals surface area contributed by atoms with Crippen LogP contribution in [-0.4, -0.2) is 51.3 Å². The Balaban J connectivity index is 2.55. The molecule has 0 amide bonds. The van der Waals surface area contributed by atoms with Crippen molar-refractivity contribution < 1.29 is 4.74 Å². The van der Waals surface area contributed by atoms with Crippen LogP contribution in [-0.2, 0) is 4.74 Å². The average molecular weight is 242 g/mol. The summed E-state index contributed by atoms with van der Waals surface area (Å²) in [6.45, 7) is 11.3. The number of hydrogen-bond donors (Lipinski definition) is 1. The van der Waals surface area contributed by atoms with Crippen molar-refractivity contribution in [3.8, 4) is 0 Å². The fourth-order valence-corrected chi connectivity index (χ4v) is 2.95. The maximum atomic E-state index is 5.53. The first-order valence-corrected chi connectivity index (χ1v) is 7.21. The number of rotatable bonds is 8. The van der Waals surface area contributed by atoms with Crippen molar-refractivity contribution in [2.24, 2.45) is 5.41 Å². The molecule has 0 unspecified atom stereocenters. The molecule has 0 aromatic rings. The highest BCUT2D eigenvalue weighted by Gasteiger charge is 2.33. The molecule has 0 saturated carbocycles. The van der Waals surface area contributed by atoms with Crippen LogP contribution in [0.1, 0.15) is 39.5 Å². The molecule has 1 rings (SSSR count). The zero-order chi connectivity index (χ0) is 12.6. The predicted molar refractivity (Wildman–Crippen MR) is 73.4 cm³/mol. The number of hydrogen-bond acceptors (Lipinski definition) is 3. The molecule has 0 bridgehead atoms. The Kier molecular flexibility index (Phi) is 7.09. The molecule has 0 spiro atoms. The van der Waals surface area contributed by atoms with Crippen molar-refractivity contribution in [1.82, 2.24) is 10.2 Å². The van der Waals surface area contributed by atoms with Gasteiger partial charge < -0.3 is 15.0 Å². The van der Waals surface area contributed by atoms with Crippen molar-refractivity contribution in [1.29, 1.82) is 0 Å². The Morgan fingerprint density at radius 2 is 1.71 bits per heavy atom. The van der Waals surface area contributed by atoms with E-state index in [1.54, 1.807) is 0 Å². The third kappa shape index (κ3) is 4.94. The van der Waals surface area contributed by atoms with Crippen LogP contribution in [0.4, 0.5) is 0 Å². The van der Waals surface area contributed by atoms with Crippen molar-refractivity contribution in [2.45, 2.75) is 39.5 Å². The Hall–Kier alpha value is -0.120. The molecule has 102 valence electrons. The zero-order valence-corrected chi connectivity index (χ0v) is 11.9. The molecule has 1 aliphatic rings. The van der Waals surface area contributed by atoms with Crippen molar-refractivity contribution in [3.05, 3.63) is 0 Å². The van der Waals surface area contributed by atoms with Gasteiger partial charge in [0.15, 0.2) is 0 Å². The SMILES string of the molecule is CCCN(CCC)CC1(CNC)CCOCC1. The Labute approximate surface area is 107 Å². The van der Waals surface area contributed by atoms with Gasteiger partial charge in [0, 0.05) is 26.3 Å². The molecule has 0 aliphatic carbocycles. The molecule has 3 heteroatoms. The third-order valence-electron chi connectivity index (χ3n) is 3.74. The van der Waals surface area contributed by atoms with Crippen LogP contribution in [0, 0.1) is 5.41 Å². The standard InChI is InChI=1S/C14H30N2O/c1-4-8-16(9-5-2)13-14(12-15-3)6-10-17-11-7-14/h15H,4-13H2,1-3H3. The van der Waals surface area contributed by atoms with Crippen LogP contribution < -0.4 is 5.32 Å². The third-order valence-corrected chi connectivity index (χ3v) is 3.74. The number of ether oxygens (including phenoxy) is 1. The van der Waals surface area contributed by atoms with E-state index in [1.807, 2.05) is 0 Å². The lowest BCUT2D eigenvalue weighted by molar-refractivity contribution is -0.00353. The van der Waals surface area contributed by atoms with Crippen LogP contribution in [0.5, 0.6) is 0 Å². The van der Waals surface area contributed by atoms with Crippen LogP contribution in [0.25, 0.3) is 0 Å². The highest BCUT2D eigenvalue weighted by Crippen LogP contribution is 2.31. The second-order valence-electron chi connectivity index (χ2n) is 5.42. The number of nitrogens with zero attached hydrogens (tertiary/aromatic N) is 1. The molecule has 1 fully saturated rings. The van der Waals surface area contributed by atoms with E-state index in [0.717, 1.165) is 19.8 Å². The molecular weight excluding hydrogens is 212 g/mol. The van der Waals surface area contributed by atoms with Gasteiger partial charge in [-0.25, -0.2) is 0 Å². The molecular formula is C14H30N2O. The molecule has 1 saturated heterocycles. The van der Waals surface area contributed by atoms with Crippen LogP contribution in [0.15, 0.2) is 0 Å². The summed E-state index contributed by atoms with van der Waals surface area (Å²) in [6.07, 6.45) is 4.92. The second-order valence-corrected chi connectivity index (χ2v) is 5.42. The molecule has 1 N–H and O–H groups in total. The molecule has 0 aromatic carbocycles. The lowest BCUT2D eigenvalue weighted by Crippen LogP contribution is -2.47. The molecule has 3 nitrogen and oxygen atoms in total. The minimum absolute atomic E-state index is 0.442. The van der Waals surface area contributed by atoms with Gasteiger partial charge in [-0.05, 0) is 51.2 Å². The van der Waals surface area contributed by atoms with E-state index in [9.17, 15) is 0 Å². The van der Waals surface area contributed by atoms with E-state index < -0.39 is 0 Å². The summed E-state index contributed by atoms with van der Waals surface area (Å²) in [5.41, 5.74) is 0.442. The first-order valence-electron chi connectivity index (χ1n) is 7.21. The maximum Gasteiger partial charge on any atom is 0.0472 e. The van der Waals surface area contributed by atoms with Gasteiger partial charge in [-0.2, -0.15) is 0 Å². The maximum absolute atomic E-state index is 5.53. The van der Waals surface area contributed by atoms with Crippen molar-refractivity contribution in [2.75, 3.05) is 46.4 Å². The fraction of sp³-hybridized carbons (Fsp3) is 1.00. The average Bonchev–Trinajstić information content (AvgIpc) is 2.31. The molecule has 17 heavy (non-hydrogen) atoms.